The Balaban J connectivity index is 0.00000181. The first-order valence-electron chi connectivity index (χ1n) is 13.5. The van der Waals surface area contributed by atoms with Gasteiger partial charge in [-0.3, -0.25) is 14.6 Å². The molecule has 9 nitrogen and oxygen atoms in total. The zero-order valence-corrected chi connectivity index (χ0v) is 24.1. The van der Waals surface area contributed by atoms with Crippen molar-refractivity contribution in [2.24, 2.45) is 0 Å². The quantitative estimate of drug-likeness (QED) is 0.323. The van der Waals surface area contributed by atoms with E-state index in [4.69, 9.17) is 13.8 Å². The molecule has 0 unspecified atom stereocenters. The van der Waals surface area contributed by atoms with E-state index in [1.54, 1.807) is 34.1 Å². The number of phenolic OH excluding ortho intramolecular Hbond substituents is 1. The fraction of sp³-hybridized carbons (Fsp3) is 0.414. The molecule has 214 valence electrons. The Kier molecular flexibility index (Phi) is 10.0. The number of aromatic nitrogens is 1. The highest BCUT2D eigenvalue weighted by molar-refractivity contribution is 7.47. The lowest BCUT2D eigenvalue weighted by molar-refractivity contribution is -0.0297. The number of hydrogen-bond acceptors (Lipinski definition) is 7. The van der Waals surface area contributed by atoms with Crippen LogP contribution in [0.25, 0.3) is 10.9 Å². The lowest BCUT2D eigenvalue weighted by Crippen LogP contribution is -2.55. The number of pyridine rings is 1. The topological polar surface area (TPSA) is 101 Å². The van der Waals surface area contributed by atoms with E-state index in [9.17, 15) is 19.1 Å². The second kappa shape index (κ2) is 13.5. The molecule has 0 aliphatic carbocycles. The van der Waals surface area contributed by atoms with Crippen molar-refractivity contribution in [3.05, 3.63) is 70.7 Å². The predicted octanol–water partition coefficient (Wildman–Crippen LogP) is 5.45. The van der Waals surface area contributed by atoms with Crippen LogP contribution in [-0.2, 0) is 26.9 Å². The van der Waals surface area contributed by atoms with Crippen LogP contribution in [0.5, 0.6) is 5.75 Å². The highest BCUT2D eigenvalue weighted by Gasteiger charge is 2.40. The molecule has 2 aliphatic rings. The van der Waals surface area contributed by atoms with Crippen molar-refractivity contribution in [1.29, 1.82) is 0 Å². The number of hydrogen-bond donors (Lipinski definition) is 1. The molecule has 0 saturated carbocycles. The fourth-order valence-electron chi connectivity index (χ4n) is 4.77. The molecule has 40 heavy (non-hydrogen) atoms. The average molecular weight is 572 g/mol. The first-order chi connectivity index (χ1) is 19.4. The highest BCUT2D eigenvalue weighted by atomic mass is 31.2. The SMILES string of the molecule is CC.CCOP(COC1CN(C(=O)c2c3c(c(O)c4ncccc24)C(=O)N(Cc2ccc(F)cc2)C3)C1)OCC. The molecule has 2 aromatic carbocycles. The van der Waals surface area contributed by atoms with Crippen LogP contribution in [0.2, 0.25) is 0 Å². The van der Waals surface area contributed by atoms with E-state index in [1.165, 1.54) is 18.3 Å². The molecule has 1 N–H and O–H groups in total. The number of likely N-dealkylation sites (tertiary alicyclic amines) is 1. The summed E-state index contributed by atoms with van der Waals surface area (Å²) in [5.41, 5.74) is 1.87. The minimum absolute atomic E-state index is 0.0917. The molecule has 0 bridgehead atoms. The zero-order chi connectivity index (χ0) is 28.8. The largest absolute Gasteiger partial charge is 0.505 e. The van der Waals surface area contributed by atoms with Crippen LogP contribution in [0.3, 0.4) is 0 Å². The maximum atomic E-state index is 13.8. The second-order valence-corrected chi connectivity index (χ2v) is 10.5. The Hall–Kier alpha value is -3.17. The van der Waals surface area contributed by atoms with Crippen LogP contribution >= 0.6 is 8.38 Å². The number of carbonyl (C=O) groups excluding carboxylic acids is 2. The Morgan fingerprint density at radius 1 is 1.12 bits per heavy atom. The summed E-state index contributed by atoms with van der Waals surface area (Å²) in [4.78, 5) is 34.6. The van der Waals surface area contributed by atoms with Gasteiger partial charge in [0, 0.05) is 43.3 Å². The Morgan fingerprint density at radius 3 is 2.45 bits per heavy atom. The normalized spacial score (nSPS) is 14.8. The summed E-state index contributed by atoms with van der Waals surface area (Å²) in [5, 5.41) is 11.5. The molecule has 11 heteroatoms. The fourth-order valence-corrected chi connectivity index (χ4v) is 5.90. The number of carbonyl (C=O) groups is 2. The van der Waals surface area contributed by atoms with Gasteiger partial charge in [0.05, 0.1) is 30.4 Å². The molecule has 1 saturated heterocycles. The highest BCUT2D eigenvalue weighted by Crippen LogP contribution is 2.41. The summed E-state index contributed by atoms with van der Waals surface area (Å²) in [6.07, 6.45) is 1.70. The zero-order valence-electron chi connectivity index (χ0n) is 23.2. The van der Waals surface area contributed by atoms with Crippen molar-refractivity contribution in [2.75, 3.05) is 32.7 Å². The van der Waals surface area contributed by atoms with Gasteiger partial charge >= 0.3 is 0 Å². The van der Waals surface area contributed by atoms with Crippen molar-refractivity contribution in [3.63, 3.8) is 0 Å². The van der Waals surface area contributed by atoms with Gasteiger partial charge in [0.2, 0.25) is 0 Å². The summed E-state index contributed by atoms with van der Waals surface area (Å²) in [7, 11) is -1.13. The van der Waals surface area contributed by atoms with Gasteiger partial charge in [0.1, 0.15) is 17.7 Å². The molecule has 2 amide bonds. The van der Waals surface area contributed by atoms with Crippen molar-refractivity contribution in [2.45, 2.75) is 46.9 Å². The number of amides is 2. The maximum absolute atomic E-state index is 13.8. The van der Waals surface area contributed by atoms with Crippen LogP contribution in [0.4, 0.5) is 4.39 Å². The van der Waals surface area contributed by atoms with E-state index >= 15 is 0 Å². The average Bonchev–Trinajstić information content (AvgIpc) is 3.26. The van der Waals surface area contributed by atoms with E-state index in [1.807, 2.05) is 27.7 Å². The summed E-state index contributed by atoms with van der Waals surface area (Å²) >= 11 is 0. The number of halogens is 1. The molecular formula is C29H35FN3O6P. The number of fused-ring (bicyclic) bond motifs is 2. The van der Waals surface area contributed by atoms with Crippen molar-refractivity contribution < 1.29 is 32.9 Å². The maximum Gasteiger partial charge on any atom is 0.258 e. The molecule has 3 heterocycles. The third kappa shape index (κ3) is 6.10. The van der Waals surface area contributed by atoms with Crippen molar-refractivity contribution in [1.82, 2.24) is 14.8 Å². The molecule has 1 aromatic heterocycles. The summed E-state index contributed by atoms with van der Waals surface area (Å²) in [5.74, 6) is -1.23. The minimum Gasteiger partial charge on any atom is -0.505 e. The van der Waals surface area contributed by atoms with Crippen LogP contribution in [0.1, 0.15) is 59.5 Å². The molecular weight excluding hydrogens is 536 g/mol. The van der Waals surface area contributed by atoms with E-state index < -0.39 is 14.3 Å². The third-order valence-electron chi connectivity index (χ3n) is 6.59. The monoisotopic (exact) mass is 571 g/mol. The first-order valence-corrected chi connectivity index (χ1v) is 14.9. The van der Waals surface area contributed by atoms with E-state index in [0.717, 1.165) is 5.56 Å². The number of ether oxygens (including phenoxy) is 1. The van der Waals surface area contributed by atoms with Gasteiger partial charge in [-0.05, 0) is 37.6 Å². The van der Waals surface area contributed by atoms with E-state index in [2.05, 4.69) is 4.98 Å². The van der Waals surface area contributed by atoms with E-state index in [-0.39, 0.29) is 47.7 Å². The minimum atomic E-state index is -1.13. The Labute approximate surface area is 234 Å². The first kappa shape index (κ1) is 29.8. The molecule has 2 aliphatic heterocycles. The van der Waals surface area contributed by atoms with Gasteiger partial charge in [0.25, 0.3) is 11.8 Å². The van der Waals surface area contributed by atoms with Gasteiger partial charge in [-0.1, -0.05) is 32.0 Å². The smallest absolute Gasteiger partial charge is 0.258 e. The third-order valence-corrected chi connectivity index (χ3v) is 8.04. The lowest BCUT2D eigenvalue weighted by Gasteiger charge is -2.39. The number of rotatable bonds is 10. The number of aromatic hydroxyl groups is 1. The van der Waals surface area contributed by atoms with Gasteiger partial charge in [-0.2, -0.15) is 0 Å². The molecule has 5 rings (SSSR count). The van der Waals surface area contributed by atoms with Crippen LogP contribution in [0, 0.1) is 5.82 Å². The van der Waals surface area contributed by atoms with Crippen molar-refractivity contribution in [3.8, 4) is 5.75 Å². The molecule has 0 radical (unpaired) electrons. The van der Waals surface area contributed by atoms with Gasteiger partial charge in [-0.25, -0.2) is 4.39 Å². The second-order valence-electron chi connectivity index (χ2n) is 9.06. The molecule has 0 spiro atoms. The Morgan fingerprint density at radius 2 is 1.80 bits per heavy atom. The van der Waals surface area contributed by atoms with Crippen LogP contribution < -0.4 is 0 Å². The molecule has 0 atom stereocenters. The summed E-state index contributed by atoms with van der Waals surface area (Å²) < 4.78 is 30.4. The van der Waals surface area contributed by atoms with Crippen molar-refractivity contribution >= 4 is 31.1 Å². The standard InChI is InChI=1S/C27H29FN3O6P.C2H6/c1-3-36-38(37-4-2)16-35-19-13-31(14-19)26(33)22-20-6-5-11-29-24(20)25(32)23-21(22)15-30(27(23)34)12-17-7-9-18(28)10-8-17;1-2/h5-11,19,32H,3-4,12-16H2,1-2H3;1-2H3. The van der Waals surface area contributed by atoms with Gasteiger partial charge in [0.15, 0.2) is 14.1 Å². The molecule has 1 fully saturated rings. The summed E-state index contributed by atoms with van der Waals surface area (Å²) in [6.45, 7) is 10.0. The Bertz CT molecular complexity index is 1340. The number of phenols is 1. The number of benzene rings is 2. The lowest BCUT2D eigenvalue weighted by atomic mass is 9.94. The summed E-state index contributed by atoms with van der Waals surface area (Å²) in [6, 6.07) is 9.32. The number of nitrogens with zero attached hydrogens (tertiary/aromatic N) is 3. The van der Waals surface area contributed by atoms with Crippen LogP contribution in [0.15, 0.2) is 42.6 Å². The van der Waals surface area contributed by atoms with Crippen LogP contribution in [-0.4, -0.2) is 70.5 Å². The predicted molar refractivity (Wildman–Crippen MR) is 151 cm³/mol. The van der Waals surface area contributed by atoms with Gasteiger partial charge in [-0.15, -0.1) is 0 Å². The van der Waals surface area contributed by atoms with E-state index in [0.29, 0.717) is 49.2 Å². The molecule has 3 aromatic rings. The van der Waals surface area contributed by atoms with Gasteiger partial charge < -0.3 is 28.7 Å².